The van der Waals surface area contributed by atoms with Crippen LogP contribution in [0.1, 0.15) is 73.6 Å². The van der Waals surface area contributed by atoms with E-state index in [1.165, 1.54) is 5.56 Å². The molecular weight excluding hydrogens is 621 g/mol. The molecule has 0 saturated carbocycles. The van der Waals surface area contributed by atoms with E-state index in [1.807, 2.05) is 24.5 Å². The standard InChI is InChI=1S/C34H36N6O4S2/c1-18(2)23-17-46(41,42)32-29(28(34-40-39-19(3)44-34)26(37-30(23)32)15-20-9-13-43-14-10-20)27-16-21-8-12-36-33(31(21)45-27)38-25-7-6-24-22(25)5-4-11-35-24/h4-5,8,11-12,16,18,20,23,25H,6-7,9-10,13-15,17H2,1-3H3,(H,36,38)/t23-,25-/m1/s1. The number of hydrogen-bond donors (Lipinski definition) is 1. The molecule has 1 aliphatic carbocycles. The Morgan fingerprint density at radius 3 is 2.70 bits per heavy atom. The molecule has 0 aromatic carbocycles. The SMILES string of the molecule is Cc1nnc(-c2c(CC3CCOCC3)nc3c(c2-c2cc4ccnc(N[C@@H]5CCc6ncccc65)c4s2)S(=O)(=O)C[C@@H]3C(C)C)o1. The number of aryl methyl sites for hydroxylation is 2. The molecule has 10 nitrogen and oxygen atoms in total. The molecule has 1 saturated heterocycles. The van der Waals surface area contributed by atoms with E-state index in [9.17, 15) is 8.42 Å². The molecule has 0 spiro atoms. The number of fused-ring (bicyclic) bond motifs is 3. The molecule has 8 rings (SSSR count). The van der Waals surface area contributed by atoms with Crippen molar-refractivity contribution in [3.8, 4) is 21.9 Å². The first kappa shape index (κ1) is 29.6. The second kappa shape index (κ2) is 11.5. The van der Waals surface area contributed by atoms with E-state index >= 15 is 0 Å². The Kier molecular flexibility index (Phi) is 7.41. The number of nitrogens with one attached hydrogen (secondary N) is 1. The predicted molar refractivity (Wildman–Crippen MR) is 177 cm³/mol. The van der Waals surface area contributed by atoms with Gasteiger partial charge < -0.3 is 14.5 Å². The van der Waals surface area contributed by atoms with Crippen molar-refractivity contribution in [3.63, 3.8) is 0 Å². The van der Waals surface area contributed by atoms with Gasteiger partial charge in [-0.1, -0.05) is 19.9 Å². The van der Waals surface area contributed by atoms with Crippen molar-refractivity contribution in [2.24, 2.45) is 11.8 Å². The van der Waals surface area contributed by atoms with Gasteiger partial charge in [0.25, 0.3) is 0 Å². The quantitative estimate of drug-likeness (QED) is 0.202. The van der Waals surface area contributed by atoms with Crippen LogP contribution < -0.4 is 5.32 Å². The van der Waals surface area contributed by atoms with Crippen molar-refractivity contribution in [3.05, 3.63) is 65.2 Å². The number of ether oxygens (including phenoxy) is 1. The Morgan fingerprint density at radius 1 is 1.07 bits per heavy atom. The Bertz CT molecular complexity index is 2070. The van der Waals surface area contributed by atoms with Crippen LogP contribution in [0.15, 0.2) is 46.0 Å². The number of aromatic nitrogens is 5. The topological polar surface area (TPSA) is 133 Å². The maximum Gasteiger partial charge on any atom is 0.250 e. The lowest BCUT2D eigenvalue weighted by Gasteiger charge is -2.24. The molecule has 238 valence electrons. The van der Waals surface area contributed by atoms with E-state index in [0.717, 1.165) is 57.9 Å². The summed E-state index contributed by atoms with van der Waals surface area (Å²) in [4.78, 5) is 15.7. The number of rotatable bonds is 7. The first-order chi connectivity index (χ1) is 22.3. The lowest BCUT2D eigenvalue weighted by Crippen LogP contribution is -2.19. The van der Waals surface area contributed by atoms with Gasteiger partial charge in [-0.05, 0) is 73.1 Å². The first-order valence-corrected chi connectivity index (χ1v) is 18.5. The normalized spacial score (nSPS) is 20.8. The van der Waals surface area contributed by atoms with Gasteiger partial charge >= 0.3 is 0 Å². The first-order valence-electron chi connectivity index (χ1n) is 16.0. The van der Waals surface area contributed by atoms with Crippen LogP contribution in [0.4, 0.5) is 5.82 Å². The van der Waals surface area contributed by atoms with Gasteiger partial charge in [-0.3, -0.25) is 9.97 Å². The Hall–Kier alpha value is -3.74. The summed E-state index contributed by atoms with van der Waals surface area (Å²) >= 11 is 1.55. The van der Waals surface area contributed by atoms with Crippen molar-refractivity contribution in [1.82, 2.24) is 25.1 Å². The van der Waals surface area contributed by atoms with Gasteiger partial charge in [0.05, 0.1) is 38.3 Å². The fourth-order valence-electron chi connectivity index (χ4n) is 7.26. The van der Waals surface area contributed by atoms with E-state index < -0.39 is 9.84 Å². The molecule has 1 N–H and O–H groups in total. The number of nitrogens with zero attached hydrogens (tertiary/aromatic N) is 5. The van der Waals surface area contributed by atoms with Crippen LogP contribution >= 0.6 is 11.3 Å². The maximum atomic E-state index is 14.1. The van der Waals surface area contributed by atoms with Crippen LogP contribution in [0.3, 0.4) is 0 Å². The minimum Gasteiger partial charge on any atom is -0.421 e. The summed E-state index contributed by atoms with van der Waals surface area (Å²) in [6.45, 7) is 7.32. The zero-order chi connectivity index (χ0) is 31.6. The molecule has 2 aliphatic heterocycles. The minimum absolute atomic E-state index is 0.0391. The van der Waals surface area contributed by atoms with Gasteiger partial charge in [-0.2, -0.15) is 0 Å². The van der Waals surface area contributed by atoms with Crippen LogP contribution in [0, 0.1) is 18.8 Å². The van der Waals surface area contributed by atoms with Crippen molar-refractivity contribution in [1.29, 1.82) is 0 Å². The fourth-order valence-corrected chi connectivity index (χ4v) is 10.7. The molecule has 1 fully saturated rings. The zero-order valence-electron chi connectivity index (χ0n) is 26.1. The van der Waals surface area contributed by atoms with E-state index in [-0.39, 0.29) is 23.6 Å². The molecule has 3 aliphatic rings. The highest BCUT2D eigenvalue weighted by Gasteiger charge is 2.43. The third-order valence-corrected chi connectivity index (χ3v) is 12.7. The molecule has 12 heteroatoms. The maximum absolute atomic E-state index is 14.1. The smallest absolute Gasteiger partial charge is 0.250 e. The van der Waals surface area contributed by atoms with Gasteiger partial charge in [0.15, 0.2) is 9.84 Å². The van der Waals surface area contributed by atoms with Gasteiger partial charge in [-0.25, -0.2) is 13.4 Å². The van der Waals surface area contributed by atoms with Crippen molar-refractivity contribution >= 4 is 37.1 Å². The van der Waals surface area contributed by atoms with Crippen molar-refractivity contribution in [2.45, 2.75) is 69.7 Å². The van der Waals surface area contributed by atoms with Gasteiger partial charge in [-0.15, -0.1) is 21.5 Å². The molecular formula is C34H36N6O4S2. The number of anilines is 1. The zero-order valence-corrected chi connectivity index (χ0v) is 27.7. The summed E-state index contributed by atoms with van der Waals surface area (Å²) in [6.07, 6.45) is 8.03. The summed E-state index contributed by atoms with van der Waals surface area (Å²) < 4.78 is 41.0. The summed E-state index contributed by atoms with van der Waals surface area (Å²) in [5, 5.41) is 13.3. The van der Waals surface area contributed by atoms with E-state index in [2.05, 4.69) is 46.5 Å². The Balaban J connectivity index is 1.34. The van der Waals surface area contributed by atoms with Crippen LogP contribution in [-0.4, -0.2) is 52.5 Å². The van der Waals surface area contributed by atoms with Gasteiger partial charge in [0, 0.05) is 54.6 Å². The third-order valence-electron chi connectivity index (χ3n) is 9.64. The summed E-state index contributed by atoms with van der Waals surface area (Å²) in [5.74, 6) is 1.80. The second-order valence-corrected chi connectivity index (χ2v) is 16.0. The Morgan fingerprint density at radius 2 is 1.91 bits per heavy atom. The molecule has 0 bridgehead atoms. The van der Waals surface area contributed by atoms with Crippen LogP contribution in [0.2, 0.25) is 0 Å². The van der Waals surface area contributed by atoms with Gasteiger partial charge in [0.1, 0.15) is 5.82 Å². The fraction of sp³-hybridized carbons (Fsp3) is 0.441. The average molecular weight is 657 g/mol. The summed E-state index contributed by atoms with van der Waals surface area (Å²) in [7, 11) is -3.66. The monoisotopic (exact) mass is 656 g/mol. The number of sulfone groups is 1. The highest BCUT2D eigenvalue weighted by Crippen LogP contribution is 2.51. The molecule has 46 heavy (non-hydrogen) atoms. The molecule has 0 amide bonds. The Labute approximate surface area is 272 Å². The third kappa shape index (κ3) is 5.10. The predicted octanol–water partition coefficient (Wildman–Crippen LogP) is 6.71. The lowest BCUT2D eigenvalue weighted by molar-refractivity contribution is 0.0663. The molecule has 0 unspecified atom stereocenters. The average Bonchev–Trinajstić information content (AvgIpc) is 3.82. The summed E-state index contributed by atoms with van der Waals surface area (Å²) in [5.41, 5.74) is 5.05. The second-order valence-electron chi connectivity index (χ2n) is 13.0. The molecule has 2 atom stereocenters. The molecule has 7 heterocycles. The molecule has 0 radical (unpaired) electrons. The van der Waals surface area contributed by atoms with Crippen molar-refractivity contribution < 1.29 is 17.6 Å². The van der Waals surface area contributed by atoms with E-state index in [4.69, 9.17) is 19.1 Å². The number of thiophene rings is 1. The number of hydrogen-bond acceptors (Lipinski definition) is 11. The summed E-state index contributed by atoms with van der Waals surface area (Å²) in [6, 6.07) is 8.27. The van der Waals surface area contributed by atoms with Crippen molar-refractivity contribution in [2.75, 3.05) is 24.3 Å². The number of pyridine rings is 3. The lowest BCUT2D eigenvalue weighted by atomic mass is 9.88. The minimum atomic E-state index is -3.66. The van der Waals surface area contributed by atoms with Gasteiger partial charge in [0.2, 0.25) is 11.8 Å². The largest absolute Gasteiger partial charge is 0.421 e. The highest BCUT2D eigenvalue weighted by molar-refractivity contribution is 7.92. The van der Waals surface area contributed by atoms with Crippen LogP contribution in [0.5, 0.6) is 0 Å². The molecule has 5 aromatic rings. The van der Waals surface area contributed by atoms with Crippen LogP contribution in [0.25, 0.3) is 32.0 Å². The van der Waals surface area contributed by atoms with Crippen LogP contribution in [-0.2, 0) is 27.4 Å². The molecule has 5 aromatic heterocycles. The van der Waals surface area contributed by atoms with E-state index in [1.54, 1.807) is 18.3 Å². The highest BCUT2D eigenvalue weighted by atomic mass is 32.2. The van der Waals surface area contributed by atoms with E-state index in [0.29, 0.717) is 59.1 Å².